The van der Waals surface area contributed by atoms with E-state index in [1.54, 1.807) is 0 Å². The number of aromatic nitrogens is 1. The van der Waals surface area contributed by atoms with E-state index < -0.39 is 0 Å². The number of hydrogen-bond donors (Lipinski definition) is 2. The van der Waals surface area contributed by atoms with E-state index in [1.165, 1.54) is 30.6 Å². The molecule has 1 fully saturated rings. The maximum Gasteiger partial charge on any atom is 0.226 e. The zero-order chi connectivity index (χ0) is 14.4. The van der Waals surface area contributed by atoms with Gasteiger partial charge in [-0.15, -0.1) is 11.3 Å². The molecule has 112 valence electrons. The highest BCUT2D eigenvalue weighted by molar-refractivity contribution is 7.13. The second-order valence-corrected chi connectivity index (χ2v) is 6.40. The summed E-state index contributed by atoms with van der Waals surface area (Å²) >= 11 is 1.50. The van der Waals surface area contributed by atoms with Gasteiger partial charge in [-0.1, -0.05) is 6.42 Å². The van der Waals surface area contributed by atoms with E-state index in [2.05, 4.69) is 15.2 Å². The van der Waals surface area contributed by atoms with E-state index in [0.717, 1.165) is 25.3 Å². The number of nitrogens with two attached hydrogens (primary N) is 1. The van der Waals surface area contributed by atoms with E-state index in [4.69, 9.17) is 5.73 Å². The van der Waals surface area contributed by atoms with E-state index in [9.17, 15) is 4.79 Å². The van der Waals surface area contributed by atoms with Gasteiger partial charge >= 0.3 is 0 Å². The van der Waals surface area contributed by atoms with Gasteiger partial charge in [-0.2, -0.15) is 0 Å². The maximum atomic E-state index is 11.7. The lowest BCUT2D eigenvalue weighted by atomic mass is 10.1. The summed E-state index contributed by atoms with van der Waals surface area (Å²) < 4.78 is 0. The Morgan fingerprint density at radius 2 is 2.25 bits per heavy atom. The Morgan fingerprint density at radius 1 is 1.50 bits per heavy atom. The van der Waals surface area contributed by atoms with Gasteiger partial charge in [-0.05, 0) is 39.3 Å². The van der Waals surface area contributed by atoms with Crippen LogP contribution in [0.5, 0.6) is 0 Å². The summed E-state index contributed by atoms with van der Waals surface area (Å²) in [4.78, 5) is 18.6. The molecule has 1 aliphatic rings. The van der Waals surface area contributed by atoms with Crippen molar-refractivity contribution in [1.29, 1.82) is 0 Å². The molecule has 1 aliphatic heterocycles. The number of nitrogens with one attached hydrogen (secondary N) is 1. The lowest BCUT2D eigenvalue weighted by Crippen LogP contribution is -2.29. The Labute approximate surface area is 124 Å². The van der Waals surface area contributed by atoms with Crippen molar-refractivity contribution in [3.8, 4) is 0 Å². The number of thiazole rings is 1. The van der Waals surface area contributed by atoms with E-state index >= 15 is 0 Å². The Morgan fingerprint density at radius 3 is 2.95 bits per heavy atom. The Bertz CT molecular complexity index is 427. The molecule has 1 aromatic rings. The lowest BCUT2D eigenvalue weighted by molar-refractivity contribution is -0.116. The molecule has 1 aromatic heterocycles. The highest BCUT2D eigenvalue weighted by atomic mass is 32.1. The first-order chi connectivity index (χ1) is 9.63. The summed E-state index contributed by atoms with van der Waals surface area (Å²) in [5.74, 6) is 0.00109. The first kappa shape index (κ1) is 15.4. The predicted octanol–water partition coefficient (Wildman–Crippen LogP) is 2.19. The summed E-state index contributed by atoms with van der Waals surface area (Å²) in [7, 11) is 0. The van der Waals surface area contributed by atoms with Crippen LogP contribution in [0.15, 0.2) is 5.38 Å². The van der Waals surface area contributed by atoms with Gasteiger partial charge in [0, 0.05) is 24.4 Å². The second-order valence-electron chi connectivity index (χ2n) is 5.54. The van der Waals surface area contributed by atoms with Gasteiger partial charge in [0.1, 0.15) is 0 Å². The number of piperidine rings is 1. The van der Waals surface area contributed by atoms with Crippen LogP contribution in [-0.2, 0) is 11.3 Å². The molecule has 0 aromatic carbocycles. The molecule has 0 saturated carbocycles. The van der Waals surface area contributed by atoms with Crippen LogP contribution in [0, 0.1) is 0 Å². The molecule has 5 nitrogen and oxygen atoms in total. The standard InChI is InChI=1S/C14H24N4OS/c1-11(15)5-6-13(19)17-14-16-12(10-20-14)9-18-7-3-2-4-8-18/h10-11H,2-9,15H2,1H3,(H,16,17,19). The van der Waals surface area contributed by atoms with Crippen LogP contribution < -0.4 is 11.1 Å². The number of carbonyl (C=O) groups is 1. The van der Waals surface area contributed by atoms with E-state index in [1.807, 2.05) is 12.3 Å². The summed E-state index contributed by atoms with van der Waals surface area (Å²) in [6.45, 7) is 5.13. The van der Waals surface area contributed by atoms with Crippen LogP contribution in [0.1, 0.15) is 44.7 Å². The predicted molar refractivity (Wildman–Crippen MR) is 82.8 cm³/mol. The molecule has 0 radical (unpaired) electrons. The van der Waals surface area contributed by atoms with Gasteiger partial charge in [0.25, 0.3) is 0 Å². The van der Waals surface area contributed by atoms with Crippen molar-refractivity contribution >= 4 is 22.4 Å². The van der Waals surface area contributed by atoms with Crippen LogP contribution in [0.2, 0.25) is 0 Å². The molecule has 0 aliphatic carbocycles. The summed E-state index contributed by atoms with van der Waals surface area (Å²) in [5, 5.41) is 5.59. The molecule has 1 unspecified atom stereocenters. The third-order valence-electron chi connectivity index (χ3n) is 3.46. The molecule has 1 saturated heterocycles. The van der Waals surface area contributed by atoms with Crippen molar-refractivity contribution in [3.63, 3.8) is 0 Å². The van der Waals surface area contributed by atoms with Crippen molar-refractivity contribution in [2.75, 3.05) is 18.4 Å². The van der Waals surface area contributed by atoms with Gasteiger partial charge in [-0.25, -0.2) is 4.98 Å². The molecule has 2 heterocycles. The topological polar surface area (TPSA) is 71.2 Å². The minimum atomic E-state index is 0.00109. The van der Waals surface area contributed by atoms with Crippen LogP contribution in [-0.4, -0.2) is 34.9 Å². The molecular formula is C14H24N4OS. The summed E-state index contributed by atoms with van der Waals surface area (Å²) in [6.07, 6.45) is 5.07. The Hall–Kier alpha value is -0.980. The fourth-order valence-corrected chi connectivity index (χ4v) is 3.04. The number of carbonyl (C=O) groups excluding carboxylic acids is 1. The highest BCUT2D eigenvalue weighted by Crippen LogP contribution is 2.19. The smallest absolute Gasteiger partial charge is 0.226 e. The molecular weight excluding hydrogens is 272 g/mol. The molecule has 3 N–H and O–H groups in total. The van der Waals surface area contributed by atoms with Gasteiger partial charge < -0.3 is 11.1 Å². The van der Waals surface area contributed by atoms with Crippen LogP contribution in [0.4, 0.5) is 5.13 Å². The number of likely N-dealkylation sites (tertiary alicyclic amines) is 1. The van der Waals surface area contributed by atoms with E-state index in [-0.39, 0.29) is 11.9 Å². The third-order valence-corrected chi connectivity index (χ3v) is 4.27. The largest absolute Gasteiger partial charge is 0.328 e. The maximum absolute atomic E-state index is 11.7. The first-order valence-electron chi connectivity index (χ1n) is 7.35. The van der Waals surface area contributed by atoms with E-state index in [0.29, 0.717) is 18.0 Å². The zero-order valence-electron chi connectivity index (χ0n) is 12.1. The normalized spacial score (nSPS) is 17.9. The van der Waals surface area contributed by atoms with Crippen LogP contribution in [0.3, 0.4) is 0 Å². The monoisotopic (exact) mass is 296 g/mol. The molecule has 0 spiro atoms. The van der Waals surface area contributed by atoms with Crippen molar-refractivity contribution < 1.29 is 4.79 Å². The average molecular weight is 296 g/mol. The molecule has 1 amide bonds. The van der Waals surface area contributed by atoms with Crippen LogP contribution in [0.25, 0.3) is 0 Å². The Balaban J connectivity index is 1.77. The number of amides is 1. The van der Waals surface area contributed by atoms with Crippen molar-refractivity contribution in [3.05, 3.63) is 11.1 Å². The third kappa shape index (κ3) is 5.19. The van der Waals surface area contributed by atoms with Crippen molar-refractivity contribution in [2.24, 2.45) is 5.73 Å². The van der Waals surface area contributed by atoms with Gasteiger partial charge in [0.2, 0.25) is 5.91 Å². The molecule has 2 rings (SSSR count). The fourth-order valence-electron chi connectivity index (χ4n) is 2.32. The molecule has 6 heteroatoms. The van der Waals surface area contributed by atoms with Gasteiger partial charge in [-0.3, -0.25) is 9.69 Å². The van der Waals surface area contributed by atoms with Crippen molar-refractivity contribution in [2.45, 2.75) is 51.6 Å². The molecule has 1 atom stereocenters. The lowest BCUT2D eigenvalue weighted by Gasteiger charge is -2.25. The number of rotatable bonds is 6. The first-order valence-corrected chi connectivity index (χ1v) is 8.23. The molecule has 0 bridgehead atoms. The second kappa shape index (κ2) is 7.71. The van der Waals surface area contributed by atoms with Gasteiger partial charge in [0.15, 0.2) is 5.13 Å². The SMILES string of the molecule is CC(N)CCC(=O)Nc1nc(CN2CCCCC2)cs1. The Kier molecular flexibility index (Phi) is 5.94. The molecule has 20 heavy (non-hydrogen) atoms. The summed E-state index contributed by atoms with van der Waals surface area (Å²) in [6, 6.07) is 0.0618. The zero-order valence-corrected chi connectivity index (χ0v) is 12.9. The van der Waals surface area contributed by atoms with Gasteiger partial charge in [0.05, 0.1) is 5.69 Å². The van der Waals surface area contributed by atoms with Crippen molar-refractivity contribution in [1.82, 2.24) is 9.88 Å². The average Bonchev–Trinajstić information content (AvgIpc) is 2.85. The minimum Gasteiger partial charge on any atom is -0.328 e. The fraction of sp³-hybridized carbons (Fsp3) is 0.714. The number of nitrogens with zero attached hydrogens (tertiary/aromatic N) is 2. The van der Waals surface area contributed by atoms with Crippen LogP contribution >= 0.6 is 11.3 Å². The minimum absolute atomic E-state index is 0.00109. The highest BCUT2D eigenvalue weighted by Gasteiger charge is 2.13. The quantitative estimate of drug-likeness (QED) is 0.844. The number of anilines is 1. The summed E-state index contributed by atoms with van der Waals surface area (Å²) in [5.41, 5.74) is 6.70. The number of hydrogen-bond acceptors (Lipinski definition) is 5.